The van der Waals surface area contributed by atoms with Crippen molar-refractivity contribution in [2.24, 2.45) is 41.4 Å². The van der Waals surface area contributed by atoms with Gasteiger partial charge in [0.2, 0.25) is 5.79 Å². The molecular formula is C44H72O12. The summed E-state index contributed by atoms with van der Waals surface area (Å²) in [5.41, 5.74) is -1.70. The summed E-state index contributed by atoms with van der Waals surface area (Å²) in [6.07, 6.45) is 5.50. The van der Waals surface area contributed by atoms with Crippen molar-refractivity contribution < 1.29 is 58.1 Å². The summed E-state index contributed by atoms with van der Waals surface area (Å²) >= 11 is 0. The second-order valence-corrected chi connectivity index (χ2v) is 18.5. The van der Waals surface area contributed by atoms with E-state index >= 15 is 0 Å². The van der Waals surface area contributed by atoms with Crippen LogP contribution in [0.4, 0.5) is 0 Å². The summed E-state index contributed by atoms with van der Waals surface area (Å²) in [5, 5.41) is 32.7. The molecular weight excluding hydrogens is 720 g/mol. The zero-order chi connectivity index (χ0) is 41.5. The van der Waals surface area contributed by atoms with Crippen LogP contribution in [0.5, 0.6) is 0 Å². The molecule has 12 heteroatoms. The zero-order valence-electron chi connectivity index (χ0n) is 35.8. The fraction of sp³-hybridized carbons (Fsp3) is 0.886. The van der Waals surface area contributed by atoms with Gasteiger partial charge in [0.05, 0.1) is 53.7 Å². The minimum absolute atomic E-state index is 0.0147. The third kappa shape index (κ3) is 8.54. The Balaban J connectivity index is 1.36. The first-order valence-electron chi connectivity index (χ1n) is 21.6. The van der Waals surface area contributed by atoms with Gasteiger partial charge in [0.25, 0.3) is 0 Å². The van der Waals surface area contributed by atoms with Gasteiger partial charge in [-0.05, 0) is 95.6 Å². The van der Waals surface area contributed by atoms with E-state index in [1.807, 2.05) is 53.7 Å². The highest BCUT2D eigenvalue weighted by Crippen LogP contribution is 2.54. The fourth-order valence-corrected chi connectivity index (χ4v) is 10.8. The molecule has 12 nitrogen and oxygen atoms in total. The van der Waals surface area contributed by atoms with Crippen molar-refractivity contribution in [3.63, 3.8) is 0 Å². The molecule has 0 amide bonds. The molecule has 0 aliphatic carbocycles. The molecule has 0 bridgehead atoms. The molecule has 5 aliphatic heterocycles. The van der Waals surface area contributed by atoms with Crippen LogP contribution in [0, 0.1) is 41.4 Å². The molecule has 5 heterocycles. The topological polar surface area (TPSA) is 167 Å². The molecule has 18 atom stereocenters. The number of aliphatic hydroxyl groups is 2. The van der Waals surface area contributed by atoms with Crippen molar-refractivity contribution in [2.75, 3.05) is 0 Å². The zero-order valence-corrected chi connectivity index (χ0v) is 35.8. The van der Waals surface area contributed by atoms with E-state index in [4.69, 9.17) is 28.4 Å². The van der Waals surface area contributed by atoms with Gasteiger partial charge in [-0.15, -0.1) is 0 Å². The molecule has 3 N–H and O–H groups in total. The van der Waals surface area contributed by atoms with Gasteiger partial charge in [-0.1, -0.05) is 55.4 Å². The Bertz CT molecular complexity index is 1440. The maximum atomic E-state index is 14.5. The molecule has 0 saturated carbocycles. The highest BCUT2D eigenvalue weighted by Gasteiger charge is 2.64. The van der Waals surface area contributed by atoms with Crippen molar-refractivity contribution >= 4 is 17.7 Å². The minimum atomic E-state index is -1.38. The maximum Gasteiger partial charge on any atom is 0.309 e. The van der Waals surface area contributed by atoms with Crippen LogP contribution in [0.3, 0.4) is 0 Å². The van der Waals surface area contributed by atoms with Crippen molar-refractivity contribution in [1.29, 1.82) is 0 Å². The third-order valence-corrected chi connectivity index (χ3v) is 14.7. The molecule has 5 rings (SSSR count). The monoisotopic (exact) mass is 793 g/mol. The van der Waals surface area contributed by atoms with E-state index < -0.39 is 82.8 Å². The maximum absolute atomic E-state index is 14.5. The van der Waals surface area contributed by atoms with Crippen molar-refractivity contribution in [1.82, 2.24) is 0 Å². The summed E-state index contributed by atoms with van der Waals surface area (Å²) in [6.45, 7) is 20.9. The second-order valence-electron chi connectivity index (χ2n) is 18.5. The number of ketones is 1. The predicted octanol–water partition coefficient (Wildman–Crippen LogP) is 6.76. The van der Waals surface area contributed by atoms with Crippen molar-refractivity contribution in [3.05, 3.63) is 12.2 Å². The number of carbonyl (C=O) groups is 3. The minimum Gasteiger partial charge on any atom is -0.481 e. The molecule has 2 spiro atoms. The van der Waals surface area contributed by atoms with Crippen LogP contribution in [-0.2, 0) is 42.8 Å². The van der Waals surface area contributed by atoms with Gasteiger partial charge in [0.1, 0.15) is 5.78 Å². The van der Waals surface area contributed by atoms with E-state index in [0.29, 0.717) is 57.8 Å². The van der Waals surface area contributed by atoms with Crippen LogP contribution in [-0.4, -0.2) is 98.5 Å². The fourth-order valence-electron chi connectivity index (χ4n) is 10.8. The molecule has 4 fully saturated rings. The number of carboxylic acid groups (broad SMARTS) is 1. The lowest BCUT2D eigenvalue weighted by Crippen LogP contribution is -2.63. The van der Waals surface area contributed by atoms with E-state index in [1.165, 1.54) is 6.92 Å². The summed E-state index contributed by atoms with van der Waals surface area (Å²) in [7, 11) is 0. The number of rotatable bonds is 13. The lowest BCUT2D eigenvalue weighted by atomic mass is 9.72. The van der Waals surface area contributed by atoms with E-state index in [0.717, 1.165) is 6.42 Å². The highest BCUT2D eigenvalue weighted by atomic mass is 16.8. The number of aliphatic carboxylic acids is 1. The predicted molar refractivity (Wildman–Crippen MR) is 208 cm³/mol. The van der Waals surface area contributed by atoms with Gasteiger partial charge in [-0.2, -0.15) is 0 Å². The lowest BCUT2D eigenvalue weighted by Gasteiger charge is -2.54. The molecule has 320 valence electrons. The standard InChI is InChI=1S/C44H72O12/c1-12-31(40(48)49)33-16-15-24(4)38(53-33)28(8)36(46)27(7)37(47)32(13-2)39-25(5)23-26(6)43(54-39)20-18-35(52-30(10)45)44(56-43)22-21-41(11,55-44)34-17-19-42(50,14-3)29(9)51-34/h18,20,24-29,31-36,38-39,46,50H,12-17,19,21-23H2,1-11H3,(H,48,49)/t24-,25?,26?,27-,28?,29?,31?,32-,33+,34+,35+,36?,38+,39-,41-,42+,43-,44-/m0/s1. The SMILES string of the molecule is CCC(C(=O)O)[C@H]1CC[C@H](C)[C@H](C(C)C(O)[C@H](C)C(=O)[C@H](CC)[C@H]2O[C@]3(C=C[C@@H](OC(C)=O)[C@]4(CC[C@@](C)([C@H]5CC[C@](O)(CC)C(C)O5)O4)O3)C(C)CC2C)O1. The number of ether oxygens (including phenoxy) is 6. The average Bonchev–Trinajstić information content (AvgIpc) is 3.49. The first kappa shape index (κ1) is 45.2. The number of Topliss-reactive ketones (excluding diaryl/α,β-unsaturated/α-hetero) is 1. The van der Waals surface area contributed by atoms with Crippen LogP contribution in [0.1, 0.15) is 140 Å². The second kappa shape index (κ2) is 17.3. The molecule has 0 radical (unpaired) electrons. The number of carbonyl (C=O) groups excluding carboxylic acids is 2. The van der Waals surface area contributed by atoms with Crippen LogP contribution in [0.25, 0.3) is 0 Å². The Morgan fingerprint density at radius 2 is 1.57 bits per heavy atom. The summed E-state index contributed by atoms with van der Waals surface area (Å²) < 4.78 is 39.8. The Morgan fingerprint density at radius 1 is 0.893 bits per heavy atom. The van der Waals surface area contributed by atoms with Crippen LogP contribution < -0.4 is 0 Å². The van der Waals surface area contributed by atoms with Crippen molar-refractivity contribution in [3.8, 4) is 0 Å². The first-order valence-corrected chi connectivity index (χ1v) is 21.6. The Kier molecular flexibility index (Phi) is 14.0. The summed E-state index contributed by atoms with van der Waals surface area (Å²) in [6, 6.07) is 0. The first-order chi connectivity index (χ1) is 26.2. The molecule has 4 saturated heterocycles. The smallest absolute Gasteiger partial charge is 0.309 e. The van der Waals surface area contributed by atoms with Gasteiger partial charge in [0.15, 0.2) is 11.9 Å². The van der Waals surface area contributed by atoms with Crippen LogP contribution >= 0.6 is 0 Å². The molecule has 6 unspecified atom stereocenters. The molecule has 5 aliphatic rings. The Hall–Kier alpha value is -1.93. The summed E-state index contributed by atoms with van der Waals surface area (Å²) in [4.78, 5) is 38.9. The van der Waals surface area contributed by atoms with E-state index in [-0.39, 0.29) is 41.8 Å². The average molecular weight is 793 g/mol. The highest BCUT2D eigenvalue weighted by molar-refractivity contribution is 5.84. The third-order valence-electron chi connectivity index (χ3n) is 14.7. The normalized spacial score (nSPS) is 44.2. The van der Waals surface area contributed by atoms with E-state index in [2.05, 4.69) is 20.8 Å². The van der Waals surface area contributed by atoms with Gasteiger partial charge in [0, 0.05) is 37.0 Å². The number of esters is 1. The number of hydrogen-bond donors (Lipinski definition) is 3. The van der Waals surface area contributed by atoms with Crippen molar-refractivity contribution in [2.45, 2.75) is 206 Å². The van der Waals surface area contributed by atoms with E-state index in [1.54, 1.807) is 6.92 Å². The molecule has 0 aromatic heterocycles. The van der Waals surface area contributed by atoms with E-state index in [9.17, 15) is 29.7 Å². The lowest BCUT2D eigenvalue weighted by molar-refractivity contribution is -0.409. The van der Waals surface area contributed by atoms with Gasteiger partial charge in [-0.3, -0.25) is 14.4 Å². The molecule has 0 aromatic carbocycles. The number of hydrogen-bond acceptors (Lipinski definition) is 11. The van der Waals surface area contributed by atoms with Gasteiger partial charge >= 0.3 is 11.9 Å². The van der Waals surface area contributed by atoms with Crippen LogP contribution in [0.2, 0.25) is 0 Å². The largest absolute Gasteiger partial charge is 0.481 e. The van der Waals surface area contributed by atoms with Crippen LogP contribution in [0.15, 0.2) is 12.2 Å². The molecule has 56 heavy (non-hydrogen) atoms. The number of aliphatic hydroxyl groups excluding tert-OH is 1. The quantitative estimate of drug-likeness (QED) is 0.133. The molecule has 0 aromatic rings. The van der Waals surface area contributed by atoms with Gasteiger partial charge < -0.3 is 43.7 Å². The van der Waals surface area contributed by atoms with Gasteiger partial charge in [-0.25, -0.2) is 0 Å². The number of carboxylic acids is 1. The Labute approximate surface area is 334 Å². The summed E-state index contributed by atoms with van der Waals surface area (Å²) in [5.74, 6) is -6.48. The Morgan fingerprint density at radius 3 is 2.16 bits per heavy atom.